The highest BCUT2D eigenvalue weighted by molar-refractivity contribution is 7.92. The summed E-state index contributed by atoms with van der Waals surface area (Å²) in [5.41, 5.74) is -2.74. The highest BCUT2D eigenvalue weighted by Gasteiger charge is 2.45. The molecule has 0 saturated carbocycles. The number of ether oxygens (including phenoxy) is 1. The number of benzene rings is 2. The molecule has 184 valence electrons. The van der Waals surface area contributed by atoms with E-state index in [4.69, 9.17) is 9.15 Å². The first-order valence-corrected chi connectivity index (χ1v) is 11.8. The van der Waals surface area contributed by atoms with E-state index in [1.165, 1.54) is 30.5 Å². The van der Waals surface area contributed by atoms with Crippen LogP contribution in [0.1, 0.15) is 29.1 Å². The first kappa shape index (κ1) is 25.1. The quantitative estimate of drug-likeness (QED) is 0.242. The fraction of sp³-hybridized carbons (Fsp3) is 0.160. The van der Waals surface area contributed by atoms with Crippen LogP contribution in [0.2, 0.25) is 0 Å². The summed E-state index contributed by atoms with van der Waals surface area (Å²) >= 11 is -3.05. The molecule has 0 bridgehead atoms. The molecular formula is C25H19F3N4O3S. The van der Waals surface area contributed by atoms with Crippen LogP contribution in [0.15, 0.2) is 76.5 Å². The zero-order valence-electron chi connectivity index (χ0n) is 18.7. The van der Waals surface area contributed by atoms with Gasteiger partial charge in [-0.05, 0) is 60.2 Å². The van der Waals surface area contributed by atoms with Crippen molar-refractivity contribution in [2.24, 2.45) is 0 Å². The maximum absolute atomic E-state index is 12.5. The zero-order chi connectivity index (χ0) is 25.4. The molecule has 0 aliphatic rings. The maximum atomic E-state index is 12.5. The molecule has 0 spiro atoms. The Balaban J connectivity index is 1.25. The second-order valence-corrected chi connectivity index (χ2v) is 8.80. The second-order valence-electron chi connectivity index (χ2n) is 7.32. The summed E-state index contributed by atoms with van der Waals surface area (Å²) in [6, 6.07) is 12.6. The van der Waals surface area contributed by atoms with E-state index < -0.39 is 16.7 Å². The Kier molecular flexibility index (Phi) is 8.10. The second kappa shape index (κ2) is 11.6. The first-order valence-electron chi connectivity index (χ1n) is 10.6. The molecule has 0 aliphatic heterocycles. The van der Waals surface area contributed by atoms with Gasteiger partial charge < -0.3 is 13.7 Å². The van der Waals surface area contributed by atoms with Crippen LogP contribution in [-0.2, 0) is 24.3 Å². The molecular weight excluding hydrogens is 493 g/mol. The summed E-state index contributed by atoms with van der Waals surface area (Å²) in [5, 5.41) is 7.63. The van der Waals surface area contributed by atoms with Crippen molar-refractivity contribution in [3.8, 4) is 17.6 Å². The molecule has 11 heteroatoms. The van der Waals surface area contributed by atoms with Gasteiger partial charge in [0.25, 0.3) is 0 Å². The van der Waals surface area contributed by atoms with Crippen LogP contribution >= 0.6 is 0 Å². The van der Waals surface area contributed by atoms with E-state index in [2.05, 4.69) is 27.1 Å². The third-order valence-electron chi connectivity index (χ3n) is 4.70. The third-order valence-corrected chi connectivity index (χ3v) is 5.82. The van der Waals surface area contributed by atoms with Gasteiger partial charge in [0, 0.05) is 24.3 Å². The van der Waals surface area contributed by atoms with Gasteiger partial charge in [-0.3, -0.25) is 4.68 Å². The molecule has 2 aromatic carbocycles. The Hall–Kier alpha value is -4.01. The summed E-state index contributed by atoms with van der Waals surface area (Å²) in [6.07, 6.45) is 8.74. The average molecular weight is 513 g/mol. The number of oxazole rings is 1. The number of rotatable bonds is 8. The lowest BCUT2D eigenvalue weighted by Gasteiger charge is -2.11. The average Bonchev–Trinajstić information content (AvgIpc) is 3.56. The Morgan fingerprint density at radius 1 is 1.08 bits per heavy atom. The predicted octanol–water partition coefficient (Wildman–Crippen LogP) is 5.08. The largest absolute Gasteiger partial charge is 0.604 e. The highest BCUT2D eigenvalue weighted by atomic mass is 32.2. The van der Waals surface area contributed by atoms with Gasteiger partial charge in [0.2, 0.25) is 5.89 Å². The molecule has 0 N–H and O–H groups in total. The van der Waals surface area contributed by atoms with E-state index in [1.807, 2.05) is 24.3 Å². The minimum atomic E-state index is -4.79. The van der Waals surface area contributed by atoms with Crippen molar-refractivity contribution in [2.45, 2.75) is 30.0 Å². The van der Waals surface area contributed by atoms with Crippen molar-refractivity contribution in [3.63, 3.8) is 0 Å². The minimum Gasteiger partial charge on any atom is -0.604 e. The molecule has 1 atom stereocenters. The van der Waals surface area contributed by atoms with Crippen LogP contribution in [0, 0.1) is 11.8 Å². The van der Waals surface area contributed by atoms with E-state index in [0.29, 0.717) is 35.9 Å². The molecule has 4 aromatic rings. The molecule has 0 saturated heterocycles. The Labute approximate surface area is 207 Å². The fourth-order valence-electron chi connectivity index (χ4n) is 2.95. The van der Waals surface area contributed by atoms with Crippen molar-refractivity contribution in [1.82, 2.24) is 20.0 Å². The smallest absolute Gasteiger partial charge is 0.578 e. The lowest BCUT2D eigenvalue weighted by Crippen LogP contribution is -2.23. The van der Waals surface area contributed by atoms with Crippen LogP contribution in [0.3, 0.4) is 0 Å². The fourth-order valence-corrected chi connectivity index (χ4v) is 3.60. The summed E-state index contributed by atoms with van der Waals surface area (Å²) in [6.45, 7) is 0.873. The summed E-state index contributed by atoms with van der Waals surface area (Å²) in [7, 11) is 0. The lowest BCUT2D eigenvalue weighted by atomic mass is 10.2. The minimum absolute atomic E-state index is 0.193. The molecule has 0 aliphatic carbocycles. The number of aromatic nitrogens is 4. The lowest BCUT2D eigenvalue weighted by molar-refractivity contribution is -0.0435. The molecule has 1 unspecified atom stereocenters. The number of halogens is 3. The molecule has 0 radical (unpaired) electrons. The van der Waals surface area contributed by atoms with E-state index >= 15 is 0 Å². The SMILES string of the molecule is [O-][S+](c1ccc(C=Cc2nc(COc3ccc(C#CCCn4ccnn4)cc3)co2)cc1)C(F)(F)F. The predicted molar refractivity (Wildman–Crippen MR) is 127 cm³/mol. The highest BCUT2D eigenvalue weighted by Crippen LogP contribution is 2.30. The molecule has 0 fully saturated rings. The molecule has 2 heterocycles. The van der Waals surface area contributed by atoms with Gasteiger partial charge in [-0.25, -0.2) is 4.98 Å². The summed E-state index contributed by atoms with van der Waals surface area (Å²) in [5.74, 6) is 7.14. The number of aryl methyl sites for hydroxylation is 1. The number of hydrogen-bond acceptors (Lipinski definition) is 6. The van der Waals surface area contributed by atoms with Crippen LogP contribution in [-0.4, -0.2) is 30.0 Å². The topological polar surface area (TPSA) is 89.0 Å². The molecule has 7 nitrogen and oxygen atoms in total. The van der Waals surface area contributed by atoms with Crippen LogP contribution in [0.4, 0.5) is 13.2 Å². The Bertz CT molecular complexity index is 1340. The van der Waals surface area contributed by atoms with Crippen LogP contribution in [0.25, 0.3) is 12.2 Å². The summed E-state index contributed by atoms with van der Waals surface area (Å²) < 4.78 is 61.8. The van der Waals surface area contributed by atoms with Crippen LogP contribution < -0.4 is 4.74 Å². The maximum Gasteiger partial charge on any atom is 0.578 e. The van der Waals surface area contributed by atoms with Crippen molar-refractivity contribution in [2.75, 3.05) is 0 Å². The van der Waals surface area contributed by atoms with E-state index in [-0.39, 0.29) is 11.5 Å². The van der Waals surface area contributed by atoms with Gasteiger partial charge >= 0.3 is 5.51 Å². The van der Waals surface area contributed by atoms with E-state index in [1.54, 1.807) is 29.2 Å². The molecule has 2 aromatic heterocycles. The zero-order valence-corrected chi connectivity index (χ0v) is 19.5. The van der Waals surface area contributed by atoms with Gasteiger partial charge in [0.1, 0.15) is 24.3 Å². The summed E-state index contributed by atoms with van der Waals surface area (Å²) in [4.78, 5) is 3.99. The van der Waals surface area contributed by atoms with E-state index in [9.17, 15) is 17.7 Å². The Morgan fingerprint density at radius 2 is 1.86 bits per heavy atom. The molecule has 0 amide bonds. The molecule has 4 rings (SSSR count). The van der Waals surface area contributed by atoms with Crippen LogP contribution in [0.5, 0.6) is 5.75 Å². The number of alkyl halides is 3. The standard InChI is InChI=1S/C25H19F3N4O3S/c26-25(27,28)36(33)23-11-6-20(7-12-23)8-13-24-30-21(18-35-24)17-34-22-9-4-19(5-10-22)3-1-2-15-32-16-14-29-31-32/h4-14,16,18H,2,15,17H2. The van der Waals surface area contributed by atoms with E-state index in [0.717, 1.165) is 5.56 Å². The van der Waals surface area contributed by atoms with Gasteiger partial charge in [-0.15, -0.1) is 18.3 Å². The van der Waals surface area contributed by atoms with Gasteiger partial charge in [0.05, 0.1) is 23.9 Å². The number of nitrogens with zero attached hydrogens (tertiary/aromatic N) is 4. The molecule has 36 heavy (non-hydrogen) atoms. The first-order chi connectivity index (χ1) is 17.4. The van der Waals surface area contributed by atoms with Gasteiger partial charge in [0.15, 0.2) is 4.90 Å². The number of hydrogen-bond donors (Lipinski definition) is 0. The normalized spacial score (nSPS) is 12.3. The van der Waals surface area contributed by atoms with Gasteiger partial charge in [-0.2, -0.15) is 0 Å². The van der Waals surface area contributed by atoms with Crippen molar-refractivity contribution in [3.05, 3.63) is 89.9 Å². The van der Waals surface area contributed by atoms with Crippen molar-refractivity contribution >= 4 is 23.3 Å². The Morgan fingerprint density at radius 3 is 2.56 bits per heavy atom. The van der Waals surface area contributed by atoms with Crippen molar-refractivity contribution < 1.29 is 26.9 Å². The van der Waals surface area contributed by atoms with Gasteiger partial charge in [-0.1, -0.05) is 17.1 Å². The third kappa shape index (κ3) is 7.24. The van der Waals surface area contributed by atoms with Crippen molar-refractivity contribution in [1.29, 1.82) is 0 Å². The monoisotopic (exact) mass is 512 g/mol.